The van der Waals surface area contributed by atoms with Crippen LogP contribution in [0.1, 0.15) is 65.4 Å². The molecule has 1 saturated carbocycles. The number of carbonyl (C=O) groups excluding carboxylic acids is 3. The molecule has 3 aromatic rings. The van der Waals surface area contributed by atoms with Gasteiger partial charge < -0.3 is 15.5 Å². The Morgan fingerprint density at radius 2 is 1.65 bits per heavy atom. The third-order valence-electron chi connectivity index (χ3n) is 7.12. The van der Waals surface area contributed by atoms with Gasteiger partial charge >= 0.3 is 0 Å². The molecule has 6 nitrogen and oxygen atoms in total. The van der Waals surface area contributed by atoms with Crippen molar-refractivity contribution in [2.75, 3.05) is 5.32 Å². The predicted molar refractivity (Wildman–Crippen MR) is 157 cm³/mol. The number of hydrogen-bond donors (Lipinski definition) is 2. The van der Waals surface area contributed by atoms with Gasteiger partial charge in [-0.2, -0.15) is 0 Å². The van der Waals surface area contributed by atoms with E-state index in [0.29, 0.717) is 11.3 Å². The smallest absolute Gasteiger partial charge is 0.248 e. The Morgan fingerprint density at radius 3 is 2.30 bits per heavy atom. The van der Waals surface area contributed by atoms with E-state index in [1.165, 1.54) is 40.5 Å². The first kappa shape index (κ1) is 29.2. The lowest BCUT2D eigenvalue weighted by atomic mass is 10.1. The molecule has 1 aliphatic carbocycles. The SMILES string of the molecule is Cc1ccc(C(C(=O)NC2CCCCCC2)N(Cc2ccc(F)cc2)C(=O)/C=C/C(=O)Nc2ccccc2C)s1. The van der Waals surface area contributed by atoms with Gasteiger partial charge in [-0.15, -0.1) is 11.3 Å². The number of para-hydroxylation sites is 1. The minimum atomic E-state index is -0.899. The van der Waals surface area contributed by atoms with Gasteiger partial charge in [-0.25, -0.2) is 4.39 Å². The van der Waals surface area contributed by atoms with Crippen molar-refractivity contribution < 1.29 is 18.8 Å². The second-order valence-electron chi connectivity index (χ2n) is 10.3. The molecule has 1 unspecified atom stereocenters. The maximum absolute atomic E-state index is 13.9. The summed E-state index contributed by atoms with van der Waals surface area (Å²) < 4.78 is 13.6. The van der Waals surface area contributed by atoms with Gasteiger partial charge in [-0.1, -0.05) is 56.0 Å². The number of benzene rings is 2. The Morgan fingerprint density at radius 1 is 0.950 bits per heavy atom. The maximum Gasteiger partial charge on any atom is 0.248 e. The number of nitrogens with zero attached hydrogens (tertiary/aromatic N) is 1. The Kier molecular flexibility index (Phi) is 10.2. The standard InChI is InChI=1S/C32H36FN3O3S/c1-22-9-7-8-12-27(22)35-29(37)19-20-30(38)36(21-24-14-16-25(33)17-15-24)31(28-18-13-23(2)40-28)32(39)34-26-10-5-3-4-6-11-26/h7-9,12-20,26,31H,3-6,10-11,21H2,1-2H3,(H,34,39)(H,35,37)/b20-19+. The van der Waals surface area contributed by atoms with Crippen molar-refractivity contribution in [3.63, 3.8) is 0 Å². The molecule has 40 heavy (non-hydrogen) atoms. The molecule has 2 aromatic carbocycles. The summed E-state index contributed by atoms with van der Waals surface area (Å²) >= 11 is 1.46. The van der Waals surface area contributed by atoms with Gasteiger partial charge in [0.1, 0.15) is 11.9 Å². The molecule has 210 valence electrons. The molecule has 1 aliphatic rings. The van der Waals surface area contributed by atoms with Gasteiger partial charge in [-0.05, 0) is 68.1 Å². The van der Waals surface area contributed by atoms with E-state index in [4.69, 9.17) is 0 Å². The van der Waals surface area contributed by atoms with E-state index in [1.807, 2.05) is 44.2 Å². The molecule has 1 fully saturated rings. The molecular formula is C32H36FN3O3S. The van der Waals surface area contributed by atoms with Crippen LogP contribution >= 0.6 is 11.3 Å². The minimum Gasteiger partial charge on any atom is -0.351 e. The molecule has 1 atom stereocenters. The Balaban J connectivity index is 1.62. The van der Waals surface area contributed by atoms with Crippen LogP contribution < -0.4 is 10.6 Å². The monoisotopic (exact) mass is 561 g/mol. The highest BCUT2D eigenvalue weighted by molar-refractivity contribution is 7.12. The highest BCUT2D eigenvalue weighted by Crippen LogP contribution is 2.31. The molecule has 0 bridgehead atoms. The minimum absolute atomic E-state index is 0.0526. The first-order chi connectivity index (χ1) is 19.3. The molecular weight excluding hydrogens is 525 g/mol. The number of carbonyl (C=O) groups is 3. The number of nitrogens with one attached hydrogen (secondary N) is 2. The van der Waals surface area contributed by atoms with Crippen LogP contribution in [0.4, 0.5) is 10.1 Å². The zero-order valence-corrected chi connectivity index (χ0v) is 23.8. The van der Waals surface area contributed by atoms with E-state index >= 15 is 0 Å². The number of aryl methyl sites for hydroxylation is 2. The molecule has 1 heterocycles. The van der Waals surface area contributed by atoms with Crippen LogP contribution in [0, 0.1) is 19.7 Å². The summed E-state index contributed by atoms with van der Waals surface area (Å²) in [6.45, 7) is 3.91. The van der Waals surface area contributed by atoms with Gasteiger partial charge in [0, 0.05) is 40.2 Å². The van der Waals surface area contributed by atoms with Crippen molar-refractivity contribution in [1.29, 1.82) is 0 Å². The second kappa shape index (κ2) is 14.0. The number of halogens is 1. The summed E-state index contributed by atoms with van der Waals surface area (Å²) in [7, 11) is 0. The Hall–Kier alpha value is -3.78. The average molecular weight is 562 g/mol. The van der Waals surface area contributed by atoms with Gasteiger partial charge in [0.15, 0.2) is 0 Å². The molecule has 4 rings (SSSR count). The second-order valence-corrected chi connectivity index (χ2v) is 11.6. The zero-order valence-electron chi connectivity index (χ0n) is 23.0. The molecule has 0 aliphatic heterocycles. The number of thiophene rings is 1. The van der Waals surface area contributed by atoms with Gasteiger partial charge in [0.2, 0.25) is 17.7 Å². The van der Waals surface area contributed by atoms with E-state index in [2.05, 4.69) is 10.6 Å². The lowest BCUT2D eigenvalue weighted by molar-refractivity contribution is -0.138. The van der Waals surface area contributed by atoms with Crippen molar-refractivity contribution >= 4 is 34.7 Å². The first-order valence-corrected chi connectivity index (χ1v) is 14.6. The fourth-order valence-corrected chi connectivity index (χ4v) is 5.93. The number of rotatable bonds is 9. The van der Waals surface area contributed by atoms with Crippen LogP contribution in [0.25, 0.3) is 0 Å². The van der Waals surface area contributed by atoms with Gasteiger partial charge in [-0.3, -0.25) is 14.4 Å². The van der Waals surface area contributed by atoms with Crippen molar-refractivity contribution in [1.82, 2.24) is 10.2 Å². The van der Waals surface area contributed by atoms with Crippen LogP contribution in [0.5, 0.6) is 0 Å². The van der Waals surface area contributed by atoms with Crippen molar-refractivity contribution in [2.45, 2.75) is 71.0 Å². The topological polar surface area (TPSA) is 78.5 Å². The fourth-order valence-electron chi connectivity index (χ4n) is 4.94. The fraction of sp³-hybridized carbons (Fsp3) is 0.344. The average Bonchev–Trinajstić information content (AvgIpc) is 3.19. The van der Waals surface area contributed by atoms with Gasteiger partial charge in [0.05, 0.1) is 0 Å². The van der Waals surface area contributed by atoms with Crippen LogP contribution in [0.2, 0.25) is 0 Å². The van der Waals surface area contributed by atoms with E-state index in [-0.39, 0.29) is 24.3 Å². The predicted octanol–water partition coefficient (Wildman–Crippen LogP) is 6.61. The summed E-state index contributed by atoms with van der Waals surface area (Å²) in [4.78, 5) is 43.5. The van der Waals surface area contributed by atoms with E-state index in [9.17, 15) is 18.8 Å². The lowest BCUT2D eigenvalue weighted by Gasteiger charge is -2.31. The molecule has 0 radical (unpaired) electrons. The Bertz CT molecular complexity index is 1340. The Labute approximate surface area is 239 Å². The summed E-state index contributed by atoms with van der Waals surface area (Å²) in [5.41, 5.74) is 2.23. The van der Waals surface area contributed by atoms with Crippen LogP contribution in [0.3, 0.4) is 0 Å². The maximum atomic E-state index is 13.9. The number of hydrogen-bond acceptors (Lipinski definition) is 4. The highest BCUT2D eigenvalue weighted by atomic mass is 32.1. The van der Waals surface area contributed by atoms with Gasteiger partial charge in [0.25, 0.3) is 0 Å². The summed E-state index contributed by atoms with van der Waals surface area (Å²) in [6.07, 6.45) is 8.64. The van der Waals surface area contributed by atoms with Crippen LogP contribution in [0.15, 0.2) is 72.8 Å². The summed E-state index contributed by atoms with van der Waals surface area (Å²) in [5.74, 6) is -1.57. The largest absolute Gasteiger partial charge is 0.351 e. The van der Waals surface area contributed by atoms with Crippen molar-refractivity contribution in [2.24, 2.45) is 0 Å². The number of anilines is 1. The van der Waals surface area contributed by atoms with Crippen molar-refractivity contribution in [3.05, 3.63) is 99.5 Å². The molecule has 8 heteroatoms. The van der Waals surface area contributed by atoms with E-state index in [0.717, 1.165) is 53.8 Å². The summed E-state index contributed by atoms with van der Waals surface area (Å²) in [6, 6.07) is 16.2. The third-order valence-corrected chi connectivity index (χ3v) is 8.17. The first-order valence-electron chi connectivity index (χ1n) is 13.8. The summed E-state index contributed by atoms with van der Waals surface area (Å²) in [5, 5.41) is 6.00. The lowest BCUT2D eigenvalue weighted by Crippen LogP contribution is -2.45. The van der Waals surface area contributed by atoms with Crippen LogP contribution in [-0.2, 0) is 20.9 Å². The normalized spacial score (nSPS) is 14.9. The van der Waals surface area contributed by atoms with Crippen LogP contribution in [-0.4, -0.2) is 28.7 Å². The molecule has 1 aromatic heterocycles. The quantitative estimate of drug-likeness (QED) is 0.228. The molecule has 3 amide bonds. The van der Waals surface area contributed by atoms with E-state index < -0.39 is 17.9 Å². The highest BCUT2D eigenvalue weighted by Gasteiger charge is 2.33. The third kappa shape index (κ3) is 8.11. The zero-order chi connectivity index (χ0) is 28.5. The molecule has 0 spiro atoms. The molecule has 0 saturated heterocycles. The van der Waals surface area contributed by atoms with Crippen molar-refractivity contribution in [3.8, 4) is 0 Å². The molecule has 2 N–H and O–H groups in total. The number of amides is 3. The van der Waals surface area contributed by atoms with E-state index in [1.54, 1.807) is 18.2 Å².